The molecule has 1 fully saturated rings. The Morgan fingerprint density at radius 2 is 2.24 bits per heavy atom. The Hall–Kier alpha value is -1.28. The molecule has 0 radical (unpaired) electrons. The van der Waals surface area contributed by atoms with Crippen LogP contribution in [0.3, 0.4) is 0 Å². The number of benzene rings is 1. The summed E-state index contributed by atoms with van der Waals surface area (Å²) in [4.78, 5) is 0. The van der Waals surface area contributed by atoms with Crippen molar-refractivity contribution in [1.29, 1.82) is 0 Å². The van der Waals surface area contributed by atoms with Crippen molar-refractivity contribution in [3.8, 4) is 0 Å². The summed E-state index contributed by atoms with van der Waals surface area (Å²) in [7, 11) is 2.18. The predicted molar refractivity (Wildman–Crippen MR) is 72.3 cm³/mol. The van der Waals surface area contributed by atoms with E-state index in [1.54, 1.807) is 0 Å². The van der Waals surface area contributed by atoms with Gasteiger partial charge in [0.1, 0.15) is 0 Å². The smallest absolute Gasteiger partial charge is 0.0479 e. The van der Waals surface area contributed by atoms with Crippen molar-refractivity contribution < 1.29 is 0 Å². The molecule has 1 atom stereocenters. The van der Waals surface area contributed by atoms with Crippen LogP contribution in [0.25, 0.3) is 10.9 Å². The number of para-hydroxylation sites is 1. The van der Waals surface area contributed by atoms with Gasteiger partial charge < -0.3 is 9.88 Å². The fraction of sp³-hybridized carbons (Fsp3) is 0.467. The van der Waals surface area contributed by atoms with Crippen LogP contribution < -0.4 is 5.32 Å². The lowest BCUT2D eigenvalue weighted by Crippen LogP contribution is -2.22. The first-order valence-corrected chi connectivity index (χ1v) is 6.61. The Balaban J connectivity index is 1.78. The molecule has 0 bridgehead atoms. The van der Waals surface area contributed by atoms with Gasteiger partial charge in [0.2, 0.25) is 0 Å². The monoisotopic (exact) mass is 228 g/mol. The van der Waals surface area contributed by atoms with Gasteiger partial charge in [-0.05, 0) is 49.7 Å². The van der Waals surface area contributed by atoms with Gasteiger partial charge in [-0.2, -0.15) is 0 Å². The standard InChI is InChI=1S/C15H20N2/c1-17-14(9-8-13-6-4-10-16-13)11-12-5-2-3-7-15(12)17/h2-3,5,7,11,13,16H,4,6,8-10H2,1H3/t13-/m0/s1. The first-order valence-electron chi connectivity index (χ1n) is 6.61. The Labute approximate surface area is 103 Å². The lowest BCUT2D eigenvalue weighted by atomic mass is 10.1. The summed E-state index contributed by atoms with van der Waals surface area (Å²) in [6, 6.07) is 11.7. The van der Waals surface area contributed by atoms with E-state index in [1.165, 1.54) is 48.8 Å². The summed E-state index contributed by atoms with van der Waals surface area (Å²) in [5.74, 6) is 0. The molecule has 1 saturated heterocycles. The number of rotatable bonds is 3. The fourth-order valence-corrected chi connectivity index (χ4v) is 2.91. The van der Waals surface area contributed by atoms with E-state index in [0.717, 1.165) is 6.04 Å². The zero-order chi connectivity index (χ0) is 11.7. The van der Waals surface area contributed by atoms with E-state index in [-0.39, 0.29) is 0 Å². The minimum atomic E-state index is 0.744. The Bertz CT molecular complexity index is 507. The molecule has 2 nitrogen and oxygen atoms in total. The molecule has 3 rings (SSSR count). The molecule has 90 valence electrons. The van der Waals surface area contributed by atoms with Gasteiger partial charge in [-0.3, -0.25) is 0 Å². The van der Waals surface area contributed by atoms with Crippen molar-refractivity contribution in [1.82, 2.24) is 9.88 Å². The van der Waals surface area contributed by atoms with Crippen molar-refractivity contribution in [3.05, 3.63) is 36.0 Å². The Morgan fingerprint density at radius 1 is 1.35 bits per heavy atom. The summed E-state index contributed by atoms with van der Waals surface area (Å²) >= 11 is 0. The Kier molecular flexibility index (Phi) is 2.89. The maximum Gasteiger partial charge on any atom is 0.0479 e. The molecule has 0 amide bonds. The number of nitrogens with one attached hydrogen (secondary N) is 1. The molecule has 1 N–H and O–H groups in total. The molecule has 1 aliphatic rings. The van der Waals surface area contributed by atoms with Crippen LogP contribution in [-0.2, 0) is 13.5 Å². The van der Waals surface area contributed by atoms with Gasteiger partial charge in [-0.15, -0.1) is 0 Å². The summed E-state index contributed by atoms with van der Waals surface area (Å²) in [5.41, 5.74) is 2.81. The Morgan fingerprint density at radius 3 is 3.00 bits per heavy atom. The number of fused-ring (bicyclic) bond motifs is 1. The highest BCUT2D eigenvalue weighted by Crippen LogP contribution is 2.20. The molecule has 0 saturated carbocycles. The van der Waals surface area contributed by atoms with Crippen LogP contribution in [0.4, 0.5) is 0 Å². The van der Waals surface area contributed by atoms with E-state index in [9.17, 15) is 0 Å². The number of aryl methyl sites for hydroxylation is 2. The van der Waals surface area contributed by atoms with Crippen LogP contribution in [0.1, 0.15) is 25.0 Å². The first-order chi connectivity index (χ1) is 8.34. The van der Waals surface area contributed by atoms with Crippen molar-refractivity contribution in [3.63, 3.8) is 0 Å². The zero-order valence-corrected chi connectivity index (χ0v) is 10.4. The summed E-state index contributed by atoms with van der Waals surface area (Å²) < 4.78 is 2.34. The molecule has 1 aromatic carbocycles. The van der Waals surface area contributed by atoms with E-state index >= 15 is 0 Å². The largest absolute Gasteiger partial charge is 0.348 e. The van der Waals surface area contributed by atoms with E-state index in [4.69, 9.17) is 0 Å². The molecule has 17 heavy (non-hydrogen) atoms. The third-order valence-electron chi connectivity index (χ3n) is 3.96. The van der Waals surface area contributed by atoms with Gasteiger partial charge in [0.05, 0.1) is 0 Å². The molecule has 0 aliphatic carbocycles. The lowest BCUT2D eigenvalue weighted by molar-refractivity contribution is 0.551. The highest BCUT2D eigenvalue weighted by molar-refractivity contribution is 5.81. The second kappa shape index (κ2) is 4.53. The molecule has 0 spiro atoms. The van der Waals surface area contributed by atoms with E-state index in [2.05, 4.69) is 47.3 Å². The fourth-order valence-electron chi connectivity index (χ4n) is 2.91. The molecule has 1 aromatic heterocycles. The van der Waals surface area contributed by atoms with Gasteiger partial charge in [-0.25, -0.2) is 0 Å². The van der Waals surface area contributed by atoms with E-state index in [1.807, 2.05) is 0 Å². The van der Waals surface area contributed by atoms with E-state index < -0.39 is 0 Å². The maximum atomic E-state index is 3.57. The van der Waals surface area contributed by atoms with Gasteiger partial charge >= 0.3 is 0 Å². The van der Waals surface area contributed by atoms with Crippen LogP contribution >= 0.6 is 0 Å². The quantitative estimate of drug-likeness (QED) is 0.854. The molecule has 2 heteroatoms. The van der Waals surface area contributed by atoms with Crippen LogP contribution in [0.15, 0.2) is 30.3 Å². The number of hydrogen-bond donors (Lipinski definition) is 1. The third-order valence-corrected chi connectivity index (χ3v) is 3.96. The molecular weight excluding hydrogens is 208 g/mol. The summed E-state index contributed by atoms with van der Waals surface area (Å²) in [6.07, 6.45) is 5.15. The first kappa shape index (κ1) is 10.8. The minimum absolute atomic E-state index is 0.744. The molecule has 1 aliphatic heterocycles. The average Bonchev–Trinajstić information content (AvgIpc) is 2.96. The molecular formula is C15H20N2. The van der Waals surface area contributed by atoms with Gasteiger partial charge in [0.25, 0.3) is 0 Å². The third kappa shape index (κ3) is 2.09. The highest BCUT2D eigenvalue weighted by Gasteiger charge is 2.14. The van der Waals surface area contributed by atoms with Crippen molar-refractivity contribution in [2.24, 2.45) is 7.05 Å². The predicted octanol–water partition coefficient (Wildman–Crippen LogP) is 2.86. The van der Waals surface area contributed by atoms with Crippen LogP contribution in [-0.4, -0.2) is 17.2 Å². The van der Waals surface area contributed by atoms with Gasteiger partial charge in [0, 0.05) is 24.3 Å². The van der Waals surface area contributed by atoms with Crippen molar-refractivity contribution in [2.45, 2.75) is 31.7 Å². The van der Waals surface area contributed by atoms with Gasteiger partial charge in [0.15, 0.2) is 0 Å². The zero-order valence-electron chi connectivity index (χ0n) is 10.4. The molecule has 2 aromatic rings. The number of aromatic nitrogens is 1. The average molecular weight is 228 g/mol. The SMILES string of the molecule is Cn1c(CC[C@@H]2CCCN2)cc2ccccc21. The lowest BCUT2D eigenvalue weighted by Gasteiger charge is -2.10. The summed E-state index contributed by atoms with van der Waals surface area (Å²) in [5, 5.41) is 4.94. The second-order valence-corrected chi connectivity index (χ2v) is 5.09. The molecule has 2 heterocycles. The summed E-state index contributed by atoms with van der Waals surface area (Å²) in [6.45, 7) is 1.21. The second-order valence-electron chi connectivity index (χ2n) is 5.09. The normalized spacial score (nSPS) is 20.2. The minimum Gasteiger partial charge on any atom is -0.348 e. The van der Waals surface area contributed by atoms with Crippen molar-refractivity contribution in [2.75, 3.05) is 6.54 Å². The molecule has 0 unspecified atom stereocenters. The maximum absolute atomic E-state index is 3.57. The highest BCUT2D eigenvalue weighted by atomic mass is 15.0. The van der Waals surface area contributed by atoms with E-state index in [0.29, 0.717) is 0 Å². The van der Waals surface area contributed by atoms with Crippen molar-refractivity contribution >= 4 is 10.9 Å². The van der Waals surface area contributed by atoms with Gasteiger partial charge in [-0.1, -0.05) is 18.2 Å². The van der Waals surface area contributed by atoms with Crippen LogP contribution in [0.5, 0.6) is 0 Å². The number of hydrogen-bond acceptors (Lipinski definition) is 1. The number of nitrogens with zero attached hydrogens (tertiary/aromatic N) is 1. The van der Waals surface area contributed by atoms with Crippen LogP contribution in [0.2, 0.25) is 0 Å². The van der Waals surface area contributed by atoms with Crippen LogP contribution in [0, 0.1) is 0 Å². The topological polar surface area (TPSA) is 17.0 Å².